The smallest absolute Gasteiger partial charge is 0.269 e. The van der Waals surface area contributed by atoms with Gasteiger partial charge in [0.25, 0.3) is 11.6 Å². The molecule has 0 radical (unpaired) electrons. The average molecular weight is 450 g/mol. The summed E-state index contributed by atoms with van der Waals surface area (Å²) in [6.07, 6.45) is 0.585. The van der Waals surface area contributed by atoms with Crippen molar-refractivity contribution in [3.8, 4) is 0 Å². The number of nitro benzene ring substituents is 1. The van der Waals surface area contributed by atoms with Crippen LogP contribution < -0.4 is 10.2 Å². The van der Waals surface area contributed by atoms with Gasteiger partial charge in [-0.2, -0.15) is 0 Å². The fraction of sp³-hybridized carbons (Fsp3) is 0.167. The topological polar surface area (TPSA) is 92.6 Å². The molecule has 8 heteroatoms. The molecule has 3 aromatic carbocycles. The lowest BCUT2D eigenvalue weighted by atomic mass is 10.0. The first-order valence-electron chi connectivity index (χ1n) is 10.1. The van der Waals surface area contributed by atoms with E-state index in [0.717, 1.165) is 11.1 Å². The standard InChI is InChI=1S/C24H20ClN3O4/c25-20-9-5-4-8-19(20)24(30)26-21(16-6-2-1-3-7-16)15-23(29)27-13-12-17-14-18(28(31)32)10-11-22(17)27/h1-11,14,21H,12-13,15H2,(H,26,30). The maximum atomic E-state index is 13.2. The fourth-order valence-electron chi connectivity index (χ4n) is 3.86. The van der Waals surface area contributed by atoms with E-state index in [0.29, 0.717) is 29.2 Å². The molecule has 3 aromatic rings. The second-order valence-electron chi connectivity index (χ2n) is 7.49. The van der Waals surface area contributed by atoms with Crippen molar-refractivity contribution in [2.24, 2.45) is 0 Å². The van der Waals surface area contributed by atoms with Gasteiger partial charge in [-0.05, 0) is 35.7 Å². The summed E-state index contributed by atoms with van der Waals surface area (Å²) in [4.78, 5) is 38.3. The Bertz CT molecular complexity index is 1180. The van der Waals surface area contributed by atoms with Gasteiger partial charge in [0, 0.05) is 24.4 Å². The van der Waals surface area contributed by atoms with Crippen molar-refractivity contribution in [2.75, 3.05) is 11.4 Å². The molecular formula is C24H20ClN3O4. The molecule has 162 valence electrons. The highest BCUT2D eigenvalue weighted by molar-refractivity contribution is 6.33. The molecule has 0 spiro atoms. The molecule has 0 saturated carbocycles. The Kier molecular flexibility index (Phi) is 6.18. The minimum Gasteiger partial charge on any atom is -0.345 e. The Morgan fingerprint density at radius 2 is 1.78 bits per heavy atom. The number of amides is 2. The molecule has 1 unspecified atom stereocenters. The van der Waals surface area contributed by atoms with E-state index < -0.39 is 11.0 Å². The van der Waals surface area contributed by atoms with E-state index in [1.54, 1.807) is 35.2 Å². The summed E-state index contributed by atoms with van der Waals surface area (Å²) < 4.78 is 0. The minimum absolute atomic E-state index is 0.00668. The summed E-state index contributed by atoms with van der Waals surface area (Å²) in [7, 11) is 0. The largest absolute Gasteiger partial charge is 0.345 e. The SMILES string of the molecule is O=C(NC(CC(=O)N1CCc2cc([N+](=O)[O-])ccc21)c1ccccc1)c1ccccc1Cl. The molecule has 0 aliphatic carbocycles. The van der Waals surface area contributed by atoms with Crippen LogP contribution in [0.2, 0.25) is 5.02 Å². The molecule has 0 bridgehead atoms. The fourth-order valence-corrected chi connectivity index (χ4v) is 4.09. The van der Waals surface area contributed by atoms with Crippen molar-refractivity contribution in [1.82, 2.24) is 5.32 Å². The number of nitrogens with one attached hydrogen (secondary N) is 1. The van der Waals surface area contributed by atoms with Crippen LogP contribution in [0.3, 0.4) is 0 Å². The predicted molar refractivity (Wildman–Crippen MR) is 122 cm³/mol. The number of rotatable bonds is 6. The highest BCUT2D eigenvalue weighted by Crippen LogP contribution is 2.32. The molecule has 2 amide bonds. The van der Waals surface area contributed by atoms with E-state index in [2.05, 4.69) is 5.32 Å². The highest BCUT2D eigenvalue weighted by atomic mass is 35.5. The zero-order valence-electron chi connectivity index (χ0n) is 17.0. The number of carbonyl (C=O) groups is 2. The van der Waals surface area contributed by atoms with E-state index >= 15 is 0 Å². The van der Waals surface area contributed by atoms with Gasteiger partial charge >= 0.3 is 0 Å². The van der Waals surface area contributed by atoms with Gasteiger partial charge in [-0.3, -0.25) is 19.7 Å². The maximum Gasteiger partial charge on any atom is 0.269 e. The minimum atomic E-state index is -0.561. The van der Waals surface area contributed by atoms with Gasteiger partial charge in [0.1, 0.15) is 0 Å². The molecule has 4 rings (SSSR count). The number of fused-ring (bicyclic) bond motifs is 1. The van der Waals surface area contributed by atoms with Crippen LogP contribution in [-0.4, -0.2) is 23.3 Å². The first kappa shape index (κ1) is 21.5. The zero-order chi connectivity index (χ0) is 22.7. The number of nitro groups is 1. The lowest BCUT2D eigenvalue weighted by molar-refractivity contribution is -0.384. The van der Waals surface area contributed by atoms with Gasteiger partial charge in [0.05, 0.1) is 28.0 Å². The lowest BCUT2D eigenvalue weighted by Crippen LogP contribution is -2.36. The number of benzene rings is 3. The van der Waals surface area contributed by atoms with Gasteiger partial charge in [-0.15, -0.1) is 0 Å². The van der Waals surface area contributed by atoms with Crippen LogP contribution in [0, 0.1) is 10.1 Å². The van der Waals surface area contributed by atoms with Crippen LogP contribution >= 0.6 is 11.6 Å². The second-order valence-corrected chi connectivity index (χ2v) is 7.89. The molecular weight excluding hydrogens is 430 g/mol. The molecule has 1 aliphatic rings. The van der Waals surface area contributed by atoms with Crippen LogP contribution in [0.4, 0.5) is 11.4 Å². The third kappa shape index (κ3) is 4.48. The average Bonchev–Trinajstić information content (AvgIpc) is 3.23. The summed E-state index contributed by atoms with van der Waals surface area (Å²) in [5.74, 6) is -0.541. The number of hydrogen-bond donors (Lipinski definition) is 1. The van der Waals surface area contributed by atoms with E-state index in [1.807, 2.05) is 30.3 Å². The van der Waals surface area contributed by atoms with Gasteiger partial charge in [-0.1, -0.05) is 54.1 Å². The van der Waals surface area contributed by atoms with E-state index in [1.165, 1.54) is 12.1 Å². The number of non-ortho nitro benzene ring substituents is 1. The molecule has 1 N–H and O–H groups in total. The third-order valence-electron chi connectivity index (χ3n) is 5.47. The van der Waals surface area contributed by atoms with Crippen LogP contribution in [-0.2, 0) is 11.2 Å². The van der Waals surface area contributed by atoms with Crippen molar-refractivity contribution in [2.45, 2.75) is 18.9 Å². The maximum absolute atomic E-state index is 13.2. The zero-order valence-corrected chi connectivity index (χ0v) is 17.8. The van der Waals surface area contributed by atoms with Crippen molar-refractivity contribution in [1.29, 1.82) is 0 Å². The van der Waals surface area contributed by atoms with Crippen LogP contribution in [0.25, 0.3) is 0 Å². The third-order valence-corrected chi connectivity index (χ3v) is 5.80. The second kappa shape index (κ2) is 9.20. The summed E-state index contributed by atoms with van der Waals surface area (Å²) in [6, 6.07) is 20.0. The first-order chi connectivity index (χ1) is 15.4. The number of hydrogen-bond acceptors (Lipinski definition) is 4. The lowest BCUT2D eigenvalue weighted by Gasteiger charge is -2.23. The van der Waals surface area contributed by atoms with E-state index in [9.17, 15) is 19.7 Å². The Morgan fingerprint density at radius 3 is 2.50 bits per heavy atom. The van der Waals surface area contributed by atoms with E-state index in [-0.39, 0.29) is 23.9 Å². The number of anilines is 1. The number of carbonyl (C=O) groups excluding carboxylic acids is 2. The molecule has 7 nitrogen and oxygen atoms in total. The molecule has 1 atom stereocenters. The van der Waals surface area contributed by atoms with Crippen LogP contribution in [0.5, 0.6) is 0 Å². The predicted octanol–water partition coefficient (Wildman–Crippen LogP) is 4.70. The number of nitrogens with zero attached hydrogens (tertiary/aromatic N) is 2. The molecule has 1 aliphatic heterocycles. The Labute approximate surface area is 189 Å². The molecule has 1 heterocycles. The van der Waals surface area contributed by atoms with Crippen molar-refractivity contribution in [3.63, 3.8) is 0 Å². The Hall–Kier alpha value is -3.71. The highest BCUT2D eigenvalue weighted by Gasteiger charge is 2.29. The van der Waals surface area contributed by atoms with Gasteiger partial charge in [0.15, 0.2) is 0 Å². The summed E-state index contributed by atoms with van der Waals surface area (Å²) in [5, 5.41) is 14.3. The quantitative estimate of drug-likeness (QED) is 0.436. The molecule has 0 fully saturated rings. The summed E-state index contributed by atoms with van der Waals surface area (Å²) >= 11 is 6.17. The summed E-state index contributed by atoms with van der Waals surface area (Å²) in [6.45, 7) is 0.440. The van der Waals surface area contributed by atoms with Gasteiger partial charge < -0.3 is 10.2 Å². The van der Waals surface area contributed by atoms with Crippen LogP contribution in [0.1, 0.15) is 33.9 Å². The molecule has 0 saturated heterocycles. The normalized spacial score (nSPS) is 13.3. The van der Waals surface area contributed by atoms with Crippen molar-refractivity contribution in [3.05, 3.63) is 105 Å². The van der Waals surface area contributed by atoms with Crippen molar-refractivity contribution >= 4 is 34.8 Å². The Balaban J connectivity index is 1.56. The number of halogens is 1. The summed E-state index contributed by atoms with van der Waals surface area (Å²) in [5.41, 5.74) is 2.58. The monoisotopic (exact) mass is 449 g/mol. The van der Waals surface area contributed by atoms with Gasteiger partial charge in [-0.25, -0.2) is 0 Å². The molecule has 32 heavy (non-hydrogen) atoms. The first-order valence-corrected chi connectivity index (χ1v) is 10.5. The molecule has 0 aromatic heterocycles. The van der Waals surface area contributed by atoms with E-state index in [4.69, 9.17) is 11.6 Å². The Morgan fingerprint density at radius 1 is 1.06 bits per heavy atom. The van der Waals surface area contributed by atoms with Gasteiger partial charge in [0.2, 0.25) is 5.91 Å². The van der Waals surface area contributed by atoms with Crippen molar-refractivity contribution < 1.29 is 14.5 Å². The van der Waals surface area contributed by atoms with Crippen LogP contribution in [0.15, 0.2) is 72.8 Å².